The molecular weight excluding hydrogens is 296 g/mol. The average Bonchev–Trinajstić information content (AvgIpc) is 2.43. The van der Waals surface area contributed by atoms with Crippen LogP contribution < -0.4 is 4.74 Å². The van der Waals surface area contributed by atoms with Crippen molar-refractivity contribution in [3.8, 4) is 5.75 Å². The van der Waals surface area contributed by atoms with Crippen molar-refractivity contribution in [2.24, 2.45) is 0 Å². The highest BCUT2D eigenvalue weighted by atomic mass is 79.9. The van der Waals surface area contributed by atoms with Gasteiger partial charge >= 0.3 is 0 Å². The Labute approximate surface area is 117 Å². The van der Waals surface area contributed by atoms with Crippen LogP contribution in [0, 0.1) is 0 Å². The van der Waals surface area contributed by atoms with E-state index in [-0.39, 0.29) is 6.10 Å². The zero-order valence-corrected chi connectivity index (χ0v) is 12.4. The standard InChI is InChI=1S/C14H19BrO3/c1-16-13-7-5-12(6-8-13)10-18-11-14(17-2)4-3-9-15/h3,5-9,14H,4,10-11H2,1-2H3/b9-3+/t14-/m1/s1. The Bertz CT molecular complexity index is 349. The third-order valence-corrected chi connectivity index (χ3v) is 2.93. The maximum atomic E-state index is 5.63. The molecule has 100 valence electrons. The molecule has 0 heterocycles. The molecule has 1 rings (SSSR count). The van der Waals surface area contributed by atoms with Gasteiger partial charge in [-0.3, -0.25) is 0 Å². The van der Waals surface area contributed by atoms with E-state index < -0.39 is 0 Å². The molecule has 0 N–H and O–H groups in total. The summed E-state index contributed by atoms with van der Waals surface area (Å²) in [5, 5.41) is 0. The largest absolute Gasteiger partial charge is 0.497 e. The van der Waals surface area contributed by atoms with Crippen LogP contribution in [0.2, 0.25) is 0 Å². The Morgan fingerprint density at radius 3 is 2.50 bits per heavy atom. The summed E-state index contributed by atoms with van der Waals surface area (Å²) in [6.45, 7) is 1.17. The van der Waals surface area contributed by atoms with Crippen molar-refractivity contribution in [2.75, 3.05) is 20.8 Å². The van der Waals surface area contributed by atoms with Crippen LogP contribution in [-0.2, 0) is 16.1 Å². The molecule has 0 aromatic heterocycles. The smallest absolute Gasteiger partial charge is 0.118 e. The zero-order chi connectivity index (χ0) is 13.2. The number of hydrogen-bond donors (Lipinski definition) is 0. The number of methoxy groups -OCH3 is 2. The van der Waals surface area contributed by atoms with E-state index in [9.17, 15) is 0 Å². The Hall–Kier alpha value is -0.840. The third-order valence-electron chi connectivity index (χ3n) is 2.55. The maximum Gasteiger partial charge on any atom is 0.118 e. The minimum atomic E-state index is 0.0945. The number of halogens is 1. The highest BCUT2D eigenvalue weighted by molar-refractivity contribution is 9.11. The second kappa shape index (κ2) is 9.14. The molecular formula is C14H19BrO3. The molecule has 0 bridgehead atoms. The van der Waals surface area contributed by atoms with Gasteiger partial charge in [-0.25, -0.2) is 0 Å². The summed E-state index contributed by atoms with van der Waals surface area (Å²) in [5.74, 6) is 0.857. The van der Waals surface area contributed by atoms with Gasteiger partial charge in [-0.1, -0.05) is 34.1 Å². The fourth-order valence-corrected chi connectivity index (χ4v) is 1.68. The summed E-state index contributed by atoms with van der Waals surface area (Å²) in [4.78, 5) is 1.84. The fraction of sp³-hybridized carbons (Fsp3) is 0.429. The number of rotatable bonds is 8. The monoisotopic (exact) mass is 314 g/mol. The quantitative estimate of drug-likeness (QED) is 0.734. The average molecular weight is 315 g/mol. The van der Waals surface area contributed by atoms with E-state index in [1.807, 2.05) is 35.3 Å². The maximum absolute atomic E-state index is 5.63. The van der Waals surface area contributed by atoms with Crippen LogP contribution in [0.5, 0.6) is 5.75 Å². The summed E-state index contributed by atoms with van der Waals surface area (Å²) < 4.78 is 16.0. The van der Waals surface area contributed by atoms with Gasteiger partial charge in [0.1, 0.15) is 5.75 Å². The Morgan fingerprint density at radius 1 is 1.22 bits per heavy atom. The fourth-order valence-electron chi connectivity index (χ4n) is 1.47. The van der Waals surface area contributed by atoms with E-state index in [2.05, 4.69) is 15.9 Å². The molecule has 0 radical (unpaired) electrons. The van der Waals surface area contributed by atoms with Gasteiger partial charge in [-0.2, -0.15) is 0 Å². The van der Waals surface area contributed by atoms with Crippen LogP contribution >= 0.6 is 15.9 Å². The minimum absolute atomic E-state index is 0.0945. The zero-order valence-electron chi connectivity index (χ0n) is 10.8. The molecule has 1 aromatic rings. The second-order valence-corrected chi connectivity index (χ2v) is 4.35. The molecule has 3 nitrogen and oxygen atoms in total. The van der Waals surface area contributed by atoms with Gasteiger partial charge in [-0.15, -0.1) is 0 Å². The van der Waals surface area contributed by atoms with E-state index >= 15 is 0 Å². The van der Waals surface area contributed by atoms with Crippen LogP contribution in [0.3, 0.4) is 0 Å². The predicted molar refractivity (Wildman–Crippen MR) is 76.1 cm³/mol. The molecule has 4 heteroatoms. The second-order valence-electron chi connectivity index (χ2n) is 3.82. The third kappa shape index (κ3) is 5.67. The molecule has 0 fully saturated rings. The van der Waals surface area contributed by atoms with Crippen LogP contribution in [0.15, 0.2) is 35.3 Å². The molecule has 1 aromatic carbocycles. The van der Waals surface area contributed by atoms with Gasteiger partial charge in [-0.05, 0) is 29.1 Å². The number of hydrogen-bond acceptors (Lipinski definition) is 3. The summed E-state index contributed by atoms with van der Waals surface area (Å²) in [6, 6.07) is 7.86. The van der Waals surface area contributed by atoms with E-state index in [1.165, 1.54) is 0 Å². The number of benzene rings is 1. The van der Waals surface area contributed by atoms with Gasteiger partial charge < -0.3 is 14.2 Å². The van der Waals surface area contributed by atoms with Gasteiger partial charge in [0.15, 0.2) is 0 Å². The van der Waals surface area contributed by atoms with Gasteiger partial charge in [0.2, 0.25) is 0 Å². The Balaban J connectivity index is 2.30. The van der Waals surface area contributed by atoms with Crippen molar-refractivity contribution in [1.29, 1.82) is 0 Å². The van der Waals surface area contributed by atoms with Crippen LogP contribution in [0.1, 0.15) is 12.0 Å². The lowest BCUT2D eigenvalue weighted by atomic mass is 10.2. The van der Waals surface area contributed by atoms with E-state index in [1.54, 1.807) is 14.2 Å². The van der Waals surface area contributed by atoms with E-state index in [0.29, 0.717) is 13.2 Å². The minimum Gasteiger partial charge on any atom is -0.497 e. The van der Waals surface area contributed by atoms with Crippen LogP contribution in [0.25, 0.3) is 0 Å². The van der Waals surface area contributed by atoms with Gasteiger partial charge in [0, 0.05) is 7.11 Å². The lowest BCUT2D eigenvalue weighted by Crippen LogP contribution is -2.17. The number of ether oxygens (including phenoxy) is 3. The normalized spacial score (nSPS) is 12.8. The highest BCUT2D eigenvalue weighted by Crippen LogP contribution is 2.12. The predicted octanol–water partition coefficient (Wildman–Crippen LogP) is 3.53. The van der Waals surface area contributed by atoms with Crippen molar-refractivity contribution in [2.45, 2.75) is 19.1 Å². The van der Waals surface area contributed by atoms with Crippen molar-refractivity contribution >= 4 is 15.9 Å². The molecule has 0 unspecified atom stereocenters. The van der Waals surface area contributed by atoms with Crippen molar-refractivity contribution < 1.29 is 14.2 Å². The molecule has 18 heavy (non-hydrogen) atoms. The van der Waals surface area contributed by atoms with Crippen LogP contribution in [0.4, 0.5) is 0 Å². The SMILES string of the molecule is COc1ccc(COC[C@@H](C/C=C/Br)OC)cc1. The lowest BCUT2D eigenvalue weighted by molar-refractivity contribution is 0.00384. The van der Waals surface area contributed by atoms with E-state index in [0.717, 1.165) is 17.7 Å². The lowest BCUT2D eigenvalue weighted by Gasteiger charge is -2.13. The van der Waals surface area contributed by atoms with Gasteiger partial charge in [0.05, 0.1) is 26.4 Å². The molecule has 1 atom stereocenters. The van der Waals surface area contributed by atoms with Crippen molar-refractivity contribution in [3.05, 3.63) is 40.9 Å². The summed E-state index contributed by atoms with van der Waals surface area (Å²) in [5.41, 5.74) is 1.13. The molecule has 0 aliphatic carbocycles. The summed E-state index contributed by atoms with van der Waals surface area (Å²) >= 11 is 3.24. The first kappa shape index (κ1) is 15.2. The van der Waals surface area contributed by atoms with E-state index in [4.69, 9.17) is 14.2 Å². The first-order valence-corrected chi connectivity index (χ1v) is 6.70. The van der Waals surface area contributed by atoms with Crippen LogP contribution in [-0.4, -0.2) is 26.9 Å². The first-order valence-electron chi connectivity index (χ1n) is 5.78. The Kier molecular flexibility index (Phi) is 7.73. The summed E-state index contributed by atoms with van der Waals surface area (Å²) in [6.07, 6.45) is 2.94. The van der Waals surface area contributed by atoms with Gasteiger partial charge in [0.25, 0.3) is 0 Å². The summed E-state index contributed by atoms with van der Waals surface area (Å²) in [7, 11) is 3.36. The Morgan fingerprint density at radius 2 is 1.94 bits per heavy atom. The molecule has 0 aliphatic rings. The molecule has 0 spiro atoms. The molecule has 0 aliphatic heterocycles. The topological polar surface area (TPSA) is 27.7 Å². The molecule has 0 saturated carbocycles. The van der Waals surface area contributed by atoms with Crippen molar-refractivity contribution in [3.63, 3.8) is 0 Å². The van der Waals surface area contributed by atoms with Crippen molar-refractivity contribution in [1.82, 2.24) is 0 Å². The molecule has 0 amide bonds. The molecule has 0 saturated heterocycles. The highest BCUT2D eigenvalue weighted by Gasteiger charge is 2.05. The first-order chi connectivity index (χ1) is 8.80.